The summed E-state index contributed by atoms with van der Waals surface area (Å²) in [7, 11) is 1.60. The summed E-state index contributed by atoms with van der Waals surface area (Å²) in [5.41, 5.74) is 0.375. The molecule has 2 N–H and O–H groups in total. The number of aryl methyl sites for hydroxylation is 1. The highest BCUT2D eigenvalue weighted by Gasteiger charge is 2.22. The van der Waals surface area contributed by atoms with Crippen LogP contribution in [0.4, 0.5) is 0 Å². The third-order valence-corrected chi connectivity index (χ3v) is 3.41. The lowest BCUT2D eigenvalue weighted by atomic mass is 10.2. The van der Waals surface area contributed by atoms with E-state index >= 15 is 0 Å². The van der Waals surface area contributed by atoms with Gasteiger partial charge in [-0.25, -0.2) is 0 Å². The van der Waals surface area contributed by atoms with Crippen molar-refractivity contribution < 1.29 is 18.4 Å². The van der Waals surface area contributed by atoms with Gasteiger partial charge in [-0.05, 0) is 24.3 Å². The van der Waals surface area contributed by atoms with Crippen LogP contribution in [0.3, 0.4) is 0 Å². The number of hydrogen-bond acceptors (Lipinski definition) is 5. The SMILES string of the molecule is Cn1ncc(C(=O)NCc2ccco2)c1C(=O)NCc1ccco1. The molecule has 124 valence electrons. The van der Waals surface area contributed by atoms with Crippen LogP contribution in [0, 0.1) is 0 Å². The maximum Gasteiger partial charge on any atom is 0.270 e. The van der Waals surface area contributed by atoms with E-state index in [2.05, 4.69) is 15.7 Å². The Morgan fingerprint density at radius 1 is 1.04 bits per heavy atom. The summed E-state index contributed by atoms with van der Waals surface area (Å²) < 4.78 is 11.7. The fourth-order valence-electron chi connectivity index (χ4n) is 2.21. The molecule has 0 atom stereocenters. The minimum atomic E-state index is -0.408. The van der Waals surface area contributed by atoms with E-state index in [0.717, 1.165) is 0 Å². The Bertz CT molecular complexity index is 819. The Labute approximate surface area is 137 Å². The van der Waals surface area contributed by atoms with Gasteiger partial charge in [-0.15, -0.1) is 0 Å². The van der Waals surface area contributed by atoms with E-state index in [-0.39, 0.29) is 24.3 Å². The van der Waals surface area contributed by atoms with Crippen LogP contribution in [0.15, 0.2) is 51.8 Å². The van der Waals surface area contributed by atoms with Crippen molar-refractivity contribution in [2.24, 2.45) is 7.05 Å². The predicted molar refractivity (Wildman–Crippen MR) is 83.0 cm³/mol. The van der Waals surface area contributed by atoms with Crippen molar-refractivity contribution in [3.63, 3.8) is 0 Å². The lowest BCUT2D eigenvalue weighted by Gasteiger charge is -2.07. The van der Waals surface area contributed by atoms with E-state index in [1.807, 2.05) is 0 Å². The fraction of sp³-hybridized carbons (Fsp3) is 0.188. The van der Waals surface area contributed by atoms with Crippen molar-refractivity contribution in [3.8, 4) is 0 Å². The first-order chi connectivity index (χ1) is 11.6. The standard InChI is InChI=1S/C16H16N4O4/c1-20-14(16(22)18-9-12-5-3-7-24-12)13(10-19-20)15(21)17-8-11-4-2-6-23-11/h2-7,10H,8-9H2,1H3,(H,17,21)(H,18,22). The number of furan rings is 2. The zero-order valence-corrected chi connectivity index (χ0v) is 13.0. The molecule has 8 heteroatoms. The molecule has 0 aliphatic rings. The summed E-state index contributed by atoms with van der Waals surface area (Å²) >= 11 is 0. The molecule has 0 bridgehead atoms. The Morgan fingerprint density at radius 2 is 1.62 bits per heavy atom. The number of carbonyl (C=O) groups excluding carboxylic acids is 2. The van der Waals surface area contributed by atoms with Crippen molar-refractivity contribution >= 4 is 11.8 Å². The molecule has 0 aromatic carbocycles. The maximum absolute atomic E-state index is 12.4. The second-order valence-electron chi connectivity index (χ2n) is 5.05. The van der Waals surface area contributed by atoms with Gasteiger partial charge in [0.05, 0.1) is 37.4 Å². The van der Waals surface area contributed by atoms with E-state index in [4.69, 9.17) is 8.83 Å². The highest BCUT2D eigenvalue weighted by Crippen LogP contribution is 2.09. The monoisotopic (exact) mass is 328 g/mol. The molecule has 0 spiro atoms. The van der Waals surface area contributed by atoms with Crippen molar-refractivity contribution in [2.45, 2.75) is 13.1 Å². The van der Waals surface area contributed by atoms with E-state index in [1.165, 1.54) is 23.4 Å². The second kappa shape index (κ2) is 6.86. The Kier molecular flexibility index (Phi) is 4.46. The molecule has 3 aromatic heterocycles. The molecule has 3 rings (SSSR count). The molecule has 0 unspecified atom stereocenters. The highest BCUT2D eigenvalue weighted by molar-refractivity contribution is 6.06. The van der Waals surface area contributed by atoms with Crippen LogP contribution in [0.25, 0.3) is 0 Å². The van der Waals surface area contributed by atoms with Crippen LogP contribution >= 0.6 is 0 Å². The van der Waals surface area contributed by atoms with Gasteiger partial charge in [0.15, 0.2) is 0 Å². The largest absolute Gasteiger partial charge is 0.467 e. The molecule has 24 heavy (non-hydrogen) atoms. The normalized spacial score (nSPS) is 10.5. The van der Waals surface area contributed by atoms with Gasteiger partial charge >= 0.3 is 0 Å². The van der Waals surface area contributed by atoms with Crippen LogP contribution in [0.1, 0.15) is 32.4 Å². The third kappa shape index (κ3) is 3.37. The molecule has 0 radical (unpaired) electrons. The van der Waals surface area contributed by atoms with Gasteiger partial charge in [0.25, 0.3) is 11.8 Å². The van der Waals surface area contributed by atoms with Crippen LogP contribution < -0.4 is 10.6 Å². The number of carbonyl (C=O) groups is 2. The van der Waals surface area contributed by atoms with E-state index in [0.29, 0.717) is 11.5 Å². The maximum atomic E-state index is 12.4. The second-order valence-corrected chi connectivity index (χ2v) is 5.05. The first-order valence-corrected chi connectivity index (χ1v) is 7.28. The molecule has 0 saturated heterocycles. The first-order valence-electron chi connectivity index (χ1n) is 7.28. The number of rotatable bonds is 6. The molecule has 3 aromatic rings. The predicted octanol–water partition coefficient (Wildman–Crippen LogP) is 1.47. The topological polar surface area (TPSA) is 102 Å². The summed E-state index contributed by atoms with van der Waals surface area (Å²) in [6.45, 7) is 0.457. The fourth-order valence-corrected chi connectivity index (χ4v) is 2.21. The zero-order chi connectivity index (χ0) is 16.9. The van der Waals surface area contributed by atoms with Crippen molar-refractivity contribution in [3.05, 3.63) is 65.8 Å². The van der Waals surface area contributed by atoms with E-state index in [1.54, 1.807) is 31.3 Å². The molecule has 8 nitrogen and oxygen atoms in total. The van der Waals surface area contributed by atoms with Crippen LogP contribution in [0.2, 0.25) is 0 Å². The minimum Gasteiger partial charge on any atom is -0.467 e. The van der Waals surface area contributed by atoms with E-state index in [9.17, 15) is 9.59 Å². The Balaban J connectivity index is 1.68. The van der Waals surface area contributed by atoms with Crippen LogP contribution in [-0.4, -0.2) is 21.6 Å². The number of amides is 2. The molecule has 0 aliphatic carbocycles. The highest BCUT2D eigenvalue weighted by atomic mass is 16.3. The number of aromatic nitrogens is 2. The molecule has 0 aliphatic heterocycles. The molecular weight excluding hydrogens is 312 g/mol. The summed E-state index contributed by atoms with van der Waals surface area (Å²) in [6, 6.07) is 6.97. The van der Waals surface area contributed by atoms with Gasteiger partial charge in [0, 0.05) is 7.05 Å². The zero-order valence-electron chi connectivity index (χ0n) is 13.0. The van der Waals surface area contributed by atoms with Crippen molar-refractivity contribution in [2.75, 3.05) is 0 Å². The van der Waals surface area contributed by atoms with Gasteiger partial charge in [0.1, 0.15) is 17.2 Å². The Morgan fingerprint density at radius 3 is 2.17 bits per heavy atom. The van der Waals surface area contributed by atoms with Crippen LogP contribution in [-0.2, 0) is 20.1 Å². The van der Waals surface area contributed by atoms with Gasteiger partial charge in [0.2, 0.25) is 0 Å². The van der Waals surface area contributed by atoms with Crippen molar-refractivity contribution in [1.29, 1.82) is 0 Å². The lowest BCUT2D eigenvalue weighted by molar-refractivity contribution is 0.0908. The van der Waals surface area contributed by atoms with Gasteiger partial charge in [-0.3, -0.25) is 14.3 Å². The quantitative estimate of drug-likeness (QED) is 0.713. The van der Waals surface area contributed by atoms with Gasteiger partial charge < -0.3 is 19.5 Å². The van der Waals surface area contributed by atoms with Gasteiger partial charge in [-0.1, -0.05) is 0 Å². The summed E-state index contributed by atoms with van der Waals surface area (Å²) in [6.07, 6.45) is 4.41. The van der Waals surface area contributed by atoms with Gasteiger partial charge in [-0.2, -0.15) is 5.10 Å². The molecule has 0 saturated carbocycles. The molecule has 0 fully saturated rings. The smallest absolute Gasteiger partial charge is 0.270 e. The summed E-state index contributed by atoms with van der Waals surface area (Å²) in [5.74, 6) is 0.433. The molecule has 3 heterocycles. The number of nitrogens with one attached hydrogen (secondary N) is 2. The lowest BCUT2D eigenvalue weighted by Crippen LogP contribution is -2.30. The first kappa shape index (κ1) is 15.6. The third-order valence-electron chi connectivity index (χ3n) is 3.41. The summed E-state index contributed by atoms with van der Waals surface area (Å²) in [4.78, 5) is 24.7. The molecule has 2 amide bonds. The van der Waals surface area contributed by atoms with Crippen molar-refractivity contribution in [1.82, 2.24) is 20.4 Å². The Hall–Kier alpha value is -3.29. The average molecular weight is 328 g/mol. The number of nitrogens with zero attached hydrogens (tertiary/aromatic N) is 2. The molecular formula is C16H16N4O4. The van der Waals surface area contributed by atoms with E-state index < -0.39 is 11.8 Å². The minimum absolute atomic E-state index is 0.179. The van der Waals surface area contributed by atoms with Crippen LogP contribution in [0.5, 0.6) is 0 Å². The number of hydrogen-bond donors (Lipinski definition) is 2. The average Bonchev–Trinajstić information content (AvgIpc) is 3.31. The summed E-state index contributed by atoms with van der Waals surface area (Å²) in [5, 5.41) is 9.39.